The number of benzene rings is 1. The van der Waals surface area contributed by atoms with Crippen LogP contribution in [-0.4, -0.2) is 7.11 Å². The van der Waals surface area contributed by atoms with Gasteiger partial charge in [0.15, 0.2) is 11.6 Å². The first-order valence-corrected chi connectivity index (χ1v) is 6.27. The predicted octanol–water partition coefficient (Wildman–Crippen LogP) is 3.61. The normalized spacial score (nSPS) is 19.1. The monoisotopic (exact) mass is 257 g/mol. The first-order valence-electron chi connectivity index (χ1n) is 5.89. The third-order valence-electron chi connectivity index (χ3n) is 3.52. The van der Waals surface area contributed by atoms with Crippen LogP contribution >= 0.6 is 11.6 Å². The van der Waals surface area contributed by atoms with Gasteiger partial charge in [0, 0.05) is 5.54 Å². The van der Waals surface area contributed by atoms with E-state index in [0.717, 1.165) is 31.2 Å². The minimum Gasteiger partial charge on any atom is -0.492 e. The lowest BCUT2D eigenvalue weighted by atomic mass is 9.77. The van der Waals surface area contributed by atoms with Gasteiger partial charge >= 0.3 is 0 Å². The van der Waals surface area contributed by atoms with Crippen LogP contribution in [-0.2, 0) is 5.54 Å². The van der Waals surface area contributed by atoms with Crippen molar-refractivity contribution in [1.29, 1.82) is 0 Å². The van der Waals surface area contributed by atoms with Gasteiger partial charge in [-0.1, -0.05) is 30.9 Å². The molecule has 1 aromatic rings. The van der Waals surface area contributed by atoms with Gasteiger partial charge in [-0.2, -0.15) is 0 Å². The van der Waals surface area contributed by atoms with Gasteiger partial charge < -0.3 is 10.5 Å². The molecule has 1 aliphatic carbocycles. The highest BCUT2D eigenvalue weighted by Crippen LogP contribution is 2.38. The van der Waals surface area contributed by atoms with Crippen molar-refractivity contribution < 1.29 is 9.13 Å². The minimum absolute atomic E-state index is 0.0924. The summed E-state index contributed by atoms with van der Waals surface area (Å²) in [5.74, 6) is -0.347. The summed E-state index contributed by atoms with van der Waals surface area (Å²) < 4.78 is 18.7. The molecule has 0 saturated heterocycles. The first-order chi connectivity index (χ1) is 8.07. The molecule has 17 heavy (non-hydrogen) atoms. The van der Waals surface area contributed by atoms with Gasteiger partial charge in [-0.25, -0.2) is 4.39 Å². The summed E-state index contributed by atoms with van der Waals surface area (Å²) in [6.45, 7) is 0. The van der Waals surface area contributed by atoms with Crippen LogP contribution < -0.4 is 10.5 Å². The van der Waals surface area contributed by atoms with Gasteiger partial charge in [0.2, 0.25) is 0 Å². The van der Waals surface area contributed by atoms with Crippen molar-refractivity contribution in [3.05, 3.63) is 28.5 Å². The summed E-state index contributed by atoms with van der Waals surface area (Å²) in [5.41, 5.74) is 6.69. The third kappa shape index (κ3) is 2.40. The highest BCUT2D eigenvalue weighted by Gasteiger charge is 2.30. The molecule has 0 spiro atoms. The SMILES string of the molecule is COc1c(F)cc(C2(N)CCCCC2)cc1Cl. The van der Waals surface area contributed by atoms with Crippen molar-refractivity contribution in [3.8, 4) is 5.75 Å². The molecule has 0 amide bonds. The van der Waals surface area contributed by atoms with E-state index in [1.54, 1.807) is 6.07 Å². The quantitative estimate of drug-likeness (QED) is 0.879. The Bertz CT molecular complexity index is 393. The maximum atomic E-state index is 13.8. The van der Waals surface area contributed by atoms with Crippen LogP contribution in [0, 0.1) is 5.82 Å². The Kier molecular flexibility index (Phi) is 3.59. The number of halogens is 2. The van der Waals surface area contributed by atoms with E-state index in [1.807, 2.05) is 0 Å². The van der Waals surface area contributed by atoms with E-state index in [0.29, 0.717) is 0 Å². The van der Waals surface area contributed by atoms with Crippen LogP contribution in [0.5, 0.6) is 5.75 Å². The van der Waals surface area contributed by atoms with Crippen LogP contribution in [0.15, 0.2) is 12.1 Å². The molecule has 0 heterocycles. The molecule has 2 nitrogen and oxygen atoms in total. The molecule has 1 fully saturated rings. The number of rotatable bonds is 2. The van der Waals surface area contributed by atoms with Gasteiger partial charge in [0.05, 0.1) is 12.1 Å². The molecule has 0 unspecified atom stereocenters. The van der Waals surface area contributed by atoms with Crippen molar-refractivity contribution >= 4 is 11.6 Å². The van der Waals surface area contributed by atoms with Gasteiger partial charge in [-0.3, -0.25) is 0 Å². The van der Waals surface area contributed by atoms with Crippen LogP contribution in [0.25, 0.3) is 0 Å². The molecule has 1 aromatic carbocycles. The van der Waals surface area contributed by atoms with E-state index < -0.39 is 11.4 Å². The largest absolute Gasteiger partial charge is 0.492 e. The summed E-state index contributed by atoms with van der Waals surface area (Å²) in [4.78, 5) is 0. The van der Waals surface area contributed by atoms with Gasteiger partial charge in [-0.15, -0.1) is 0 Å². The zero-order valence-electron chi connectivity index (χ0n) is 9.93. The van der Waals surface area contributed by atoms with E-state index in [-0.39, 0.29) is 10.8 Å². The number of ether oxygens (including phenoxy) is 1. The lowest BCUT2D eigenvalue weighted by Gasteiger charge is -2.34. The number of methoxy groups -OCH3 is 1. The molecule has 0 bridgehead atoms. The van der Waals surface area contributed by atoms with Crippen molar-refractivity contribution in [2.75, 3.05) is 7.11 Å². The Hall–Kier alpha value is -0.800. The smallest absolute Gasteiger partial charge is 0.173 e. The molecular formula is C13H17ClFNO. The Labute approximate surface area is 106 Å². The van der Waals surface area contributed by atoms with Crippen molar-refractivity contribution in [3.63, 3.8) is 0 Å². The average molecular weight is 258 g/mol. The Morgan fingerprint density at radius 2 is 1.94 bits per heavy atom. The van der Waals surface area contributed by atoms with Crippen LogP contribution in [0.2, 0.25) is 5.02 Å². The Morgan fingerprint density at radius 1 is 1.29 bits per heavy atom. The van der Waals surface area contributed by atoms with Gasteiger partial charge in [0.25, 0.3) is 0 Å². The van der Waals surface area contributed by atoms with Crippen molar-refractivity contribution in [1.82, 2.24) is 0 Å². The molecule has 0 radical (unpaired) electrons. The van der Waals surface area contributed by atoms with E-state index in [4.69, 9.17) is 22.1 Å². The standard InChI is InChI=1S/C13H17ClFNO/c1-17-12-10(14)7-9(8-11(12)15)13(16)5-3-2-4-6-13/h7-8H,2-6,16H2,1H3. The topological polar surface area (TPSA) is 35.2 Å². The number of nitrogens with two attached hydrogens (primary N) is 1. The molecule has 0 aromatic heterocycles. The number of hydrogen-bond donors (Lipinski definition) is 1. The highest BCUT2D eigenvalue weighted by atomic mass is 35.5. The second-order valence-corrected chi connectivity index (χ2v) is 5.10. The second-order valence-electron chi connectivity index (χ2n) is 4.69. The zero-order chi connectivity index (χ0) is 12.5. The van der Waals surface area contributed by atoms with E-state index in [1.165, 1.54) is 19.6 Å². The molecule has 2 N–H and O–H groups in total. The lowest BCUT2D eigenvalue weighted by molar-refractivity contribution is 0.300. The minimum atomic E-state index is -0.439. The van der Waals surface area contributed by atoms with Crippen LogP contribution in [0.3, 0.4) is 0 Å². The fraction of sp³-hybridized carbons (Fsp3) is 0.538. The summed E-state index contributed by atoms with van der Waals surface area (Å²) in [6.07, 6.45) is 5.14. The molecule has 2 rings (SSSR count). The zero-order valence-corrected chi connectivity index (χ0v) is 10.7. The van der Waals surface area contributed by atoms with E-state index in [9.17, 15) is 4.39 Å². The Balaban J connectivity index is 2.39. The van der Waals surface area contributed by atoms with Gasteiger partial charge in [0.1, 0.15) is 0 Å². The molecule has 4 heteroatoms. The van der Waals surface area contributed by atoms with E-state index in [2.05, 4.69) is 0 Å². The maximum Gasteiger partial charge on any atom is 0.173 e. The molecule has 0 atom stereocenters. The second kappa shape index (κ2) is 4.83. The van der Waals surface area contributed by atoms with Crippen LogP contribution in [0.4, 0.5) is 4.39 Å². The molecule has 1 saturated carbocycles. The van der Waals surface area contributed by atoms with E-state index >= 15 is 0 Å². The maximum absolute atomic E-state index is 13.8. The summed E-state index contributed by atoms with van der Waals surface area (Å²) in [5, 5.41) is 0.290. The van der Waals surface area contributed by atoms with Crippen LogP contribution in [0.1, 0.15) is 37.7 Å². The highest BCUT2D eigenvalue weighted by molar-refractivity contribution is 6.32. The molecule has 0 aliphatic heterocycles. The number of hydrogen-bond acceptors (Lipinski definition) is 2. The Morgan fingerprint density at radius 3 is 2.47 bits per heavy atom. The molecule has 1 aliphatic rings. The van der Waals surface area contributed by atoms with Crippen molar-refractivity contribution in [2.45, 2.75) is 37.6 Å². The average Bonchev–Trinajstić information content (AvgIpc) is 2.29. The third-order valence-corrected chi connectivity index (χ3v) is 3.80. The fourth-order valence-electron chi connectivity index (χ4n) is 2.51. The lowest BCUT2D eigenvalue weighted by Crippen LogP contribution is -2.38. The summed E-state index contributed by atoms with van der Waals surface area (Å²) >= 11 is 6.00. The summed E-state index contributed by atoms with van der Waals surface area (Å²) in [7, 11) is 1.41. The predicted molar refractivity (Wildman–Crippen MR) is 66.9 cm³/mol. The van der Waals surface area contributed by atoms with Gasteiger partial charge in [-0.05, 0) is 30.5 Å². The van der Waals surface area contributed by atoms with Crippen molar-refractivity contribution in [2.24, 2.45) is 5.73 Å². The molecular weight excluding hydrogens is 241 g/mol. The fourth-order valence-corrected chi connectivity index (χ4v) is 2.80. The molecule has 94 valence electrons. The first kappa shape index (κ1) is 12.7. The summed E-state index contributed by atoms with van der Waals surface area (Å²) in [6, 6.07) is 3.19.